The Morgan fingerprint density at radius 3 is 2.19 bits per heavy atom. The van der Waals surface area contributed by atoms with Gasteiger partial charge in [0.25, 0.3) is 11.8 Å². The number of carboxylic acid groups (broad SMARTS) is 1. The minimum atomic E-state index is -0.849. The molecule has 2 aliphatic heterocycles. The van der Waals surface area contributed by atoms with Crippen LogP contribution in [0.2, 0.25) is 0 Å². The van der Waals surface area contributed by atoms with E-state index in [1.54, 1.807) is 29.2 Å². The van der Waals surface area contributed by atoms with Crippen molar-refractivity contribution in [3.05, 3.63) is 35.4 Å². The quantitative estimate of drug-likeness (QED) is 0.801. The lowest BCUT2D eigenvalue weighted by Gasteiger charge is -2.19. The molecule has 1 saturated heterocycles. The van der Waals surface area contributed by atoms with Crippen molar-refractivity contribution >= 4 is 23.7 Å². The molecular formula is C19H20N2O5. The molecule has 0 radical (unpaired) electrons. The van der Waals surface area contributed by atoms with Crippen molar-refractivity contribution in [3.63, 3.8) is 0 Å². The number of fused-ring (bicyclic) bond motifs is 1. The predicted octanol–water partition coefficient (Wildman–Crippen LogP) is 1.24. The standard InChI is InChI=1S/C19H20N2O5/c22-16(20-9-14(11-5-6-11)15(10-20)19(25)26)7-8-21-17(23)12-3-1-2-4-13(12)18(21)24/h1-4,11,14-15H,5-10H2,(H,25,26)/t14-,15+/m1/s1. The summed E-state index contributed by atoms with van der Waals surface area (Å²) < 4.78 is 0. The van der Waals surface area contributed by atoms with Crippen LogP contribution >= 0.6 is 0 Å². The average molecular weight is 356 g/mol. The molecule has 7 nitrogen and oxygen atoms in total. The molecule has 1 N–H and O–H groups in total. The van der Waals surface area contributed by atoms with E-state index in [1.807, 2.05) is 0 Å². The molecule has 0 aromatic heterocycles. The molecule has 0 unspecified atom stereocenters. The van der Waals surface area contributed by atoms with Crippen molar-refractivity contribution in [2.45, 2.75) is 19.3 Å². The van der Waals surface area contributed by atoms with Crippen molar-refractivity contribution in [1.29, 1.82) is 0 Å². The zero-order valence-electron chi connectivity index (χ0n) is 14.3. The monoisotopic (exact) mass is 356 g/mol. The first-order valence-electron chi connectivity index (χ1n) is 8.93. The van der Waals surface area contributed by atoms with E-state index >= 15 is 0 Å². The van der Waals surface area contributed by atoms with Crippen LogP contribution in [0.3, 0.4) is 0 Å². The Labute approximate surface area is 150 Å². The van der Waals surface area contributed by atoms with Crippen molar-refractivity contribution in [1.82, 2.24) is 9.80 Å². The summed E-state index contributed by atoms with van der Waals surface area (Å²) in [5.74, 6) is -1.88. The number of hydrogen-bond donors (Lipinski definition) is 1. The lowest BCUT2D eigenvalue weighted by atomic mass is 9.92. The van der Waals surface area contributed by atoms with Gasteiger partial charge in [-0.05, 0) is 36.8 Å². The summed E-state index contributed by atoms with van der Waals surface area (Å²) in [5.41, 5.74) is 0.733. The van der Waals surface area contributed by atoms with Crippen LogP contribution in [0.15, 0.2) is 24.3 Å². The van der Waals surface area contributed by atoms with Gasteiger partial charge in [0.1, 0.15) is 0 Å². The molecule has 26 heavy (non-hydrogen) atoms. The lowest BCUT2D eigenvalue weighted by Crippen LogP contribution is -2.36. The fourth-order valence-corrected chi connectivity index (χ4v) is 4.10. The molecule has 1 aliphatic carbocycles. The molecule has 1 saturated carbocycles. The Balaban J connectivity index is 1.38. The highest BCUT2D eigenvalue weighted by Gasteiger charge is 2.47. The van der Waals surface area contributed by atoms with Crippen molar-refractivity contribution in [2.75, 3.05) is 19.6 Å². The van der Waals surface area contributed by atoms with Gasteiger partial charge in [-0.2, -0.15) is 0 Å². The number of nitrogens with zero attached hydrogens (tertiary/aromatic N) is 2. The molecule has 0 bridgehead atoms. The minimum Gasteiger partial charge on any atom is -0.481 e. The van der Waals surface area contributed by atoms with Crippen molar-refractivity contribution in [3.8, 4) is 0 Å². The van der Waals surface area contributed by atoms with Gasteiger partial charge in [-0.1, -0.05) is 12.1 Å². The fourth-order valence-electron chi connectivity index (χ4n) is 4.10. The zero-order chi connectivity index (χ0) is 18.4. The molecule has 1 aromatic carbocycles. The van der Waals surface area contributed by atoms with Crippen LogP contribution in [0.25, 0.3) is 0 Å². The molecule has 3 amide bonds. The van der Waals surface area contributed by atoms with E-state index in [-0.39, 0.29) is 43.1 Å². The lowest BCUT2D eigenvalue weighted by molar-refractivity contribution is -0.142. The van der Waals surface area contributed by atoms with Crippen molar-refractivity contribution in [2.24, 2.45) is 17.8 Å². The zero-order valence-corrected chi connectivity index (χ0v) is 14.3. The van der Waals surface area contributed by atoms with Gasteiger partial charge >= 0.3 is 5.97 Å². The van der Waals surface area contributed by atoms with Gasteiger partial charge in [-0.25, -0.2) is 0 Å². The SMILES string of the molecule is O=C(O)[C@H]1CN(C(=O)CCN2C(=O)c3ccccc3C2=O)C[C@@H]1C1CC1. The number of benzene rings is 1. The first-order chi connectivity index (χ1) is 12.5. The van der Waals surface area contributed by atoms with Gasteiger partial charge in [0.2, 0.25) is 5.91 Å². The second-order valence-electron chi connectivity index (χ2n) is 7.30. The molecule has 2 atom stereocenters. The molecule has 2 heterocycles. The molecule has 136 valence electrons. The Morgan fingerprint density at radius 2 is 1.65 bits per heavy atom. The third kappa shape index (κ3) is 2.77. The van der Waals surface area contributed by atoms with E-state index in [1.165, 1.54) is 0 Å². The number of carboxylic acids is 1. The number of rotatable bonds is 5. The summed E-state index contributed by atoms with van der Waals surface area (Å²) in [6, 6.07) is 6.62. The maximum Gasteiger partial charge on any atom is 0.308 e. The number of imide groups is 1. The number of amides is 3. The number of aliphatic carboxylic acids is 1. The maximum absolute atomic E-state index is 12.5. The molecule has 1 aromatic rings. The third-order valence-electron chi connectivity index (χ3n) is 5.69. The third-order valence-corrected chi connectivity index (χ3v) is 5.69. The summed E-state index contributed by atoms with van der Waals surface area (Å²) in [5, 5.41) is 9.40. The highest BCUT2D eigenvalue weighted by Crippen LogP contribution is 2.44. The van der Waals surface area contributed by atoms with E-state index in [9.17, 15) is 24.3 Å². The minimum absolute atomic E-state index is 0.0213. The number of carbonyl (C=O) groups excluding carboxylic acids is 3. The summed E-state index contributed by atoms with van der Waals surface area (Å²) in [7, 11) is 0. The van der Waals surface area contributed by atoms with Crippen LogP contribution in [0, 0.1) is 17.8 Å². The van der Waals surface area contributed by atoms with Gasteiger partial charge in [-0.15, -0.1) is 0 Å². The highest BCUT2D eigenvalue weighted by molar-refractivity contribution is 6.21. The Hall–Kier alpha value is -2.70. The fraction of sp³-hybridized carbons (Fsp3) is 0.474. The smallest absolute Gasteiger partial charge is 0.308 e. The predicted molar refractivity (Wildman–Crippen MR) is 90.3 cm³/mol. The van der Waals surface area contributed by atoms with E-state index in [4.69, 9.17) is 0 Å². The van der Waals surface area contributed by atoms with Crippen LogP contribution in [-0.2, 0) is 9.59 Å². The number of hydrogen-bond acceptors (Lipinski definition) is 4. The Bertz CT molecular complexity index is 766. The van der Waals surface area contributed by atoms with Crippen LogP contribution in [0.5, 0.6) is 0 Å². The average Bonchev–Trinajstić information content (AvgIpc) is 3.33. The molecule has 0 spiro atoms. The summed E-state index contributed by atoms with van der Waals surface area (Å²) in [6.07, 6.45) is 2.09. The summed E-state index contributed by atoms with van der Waals surface area (Å²) in [4.78, 5) is 51.3. The highest BCUT2D eigenvalue weighted by atomic mass is 16.4. The van der Waals surface area contributed by atoms with Crippen LogP contribution in [0.1, 0.15) is 40.0 Å². The topological polar surface area (TPSA) is 95.0 Å². The first kappa shape index (κ1) is 16.8. The Kier molecular flexibility index (Phi) is 4.01. The van der Waals surface area contributed by atoms with Crippen LogP contribution in [0.4, 0.5) is 0 Å². The van der Waals surface area contributed by atoms with E-state index in [0.29, 0.717) is 23.6 Å². The Morgan fingerprint density at radius 1 is 1.04 bits per heavy atom. The number of carbonyl (C=O) groups is 4. The van der Waals surface area contributed by atoms with Gasteiger partial charge in [0, 0.05) is 26.1 Å². The summed E-state index contributed by atoms with van der Waals surface area (Å²) >= 11 is 0. The molecule has 4 rings (SSSR count). The number of likely N-dealkylation sites (tertiary alicyclic amines) is 1. The largest absolute Gasteiger partial charge is 0.481 e. The van der Waals surface area contributed by atoms with Crippen molar-refractivity contribution < 1.29 is 24.3 Å². The van der Waals surface area contributed by atoms with Gasteiger partial charge in [0.05, 0.1) is 17.0 Å². The van der Waals surface area contributed by atoms with Crippen LogP contribution < -0.4 is 0 Å². The summed E-state index contributed by atoms with van der Waals surface area (Å²) in [6.45, 7) is 0.702. The van der Waals surface area contributed by atoms with Gasteiger partial charge < -0.3 is 10.0 Å². The van der Waals surface area contributed by atoms with Gasteiger partial charge in [0.15, 0.2) is 0 Å². The van der Waals surface area contributed by atoms with E-state index < -0.39 is 11.9 Å². The van der Waals surface area contributed by atoms with E-state index in [0.717, 1.165) is 17.7 Å². The maximum atomic E-state index is 12.5. The second-order valence-corrected chi connectivity index (χ2v) is 7.30. The molecule has 7 heteroatoms. The normalized spacial score (nSPS) is 24.9. The van der Waals surface area contributed by atoms with Crippen LogP contribution in [-0.4, -0.2) is 58.2 Å². The van der Waals surface area contributed by atoms with E-state index in [2.05, 4.69) is 0 Å². The molecule has 2 fully saturated rings. The first-order valence-corrected chi connectivity index (χ1v) is 8.93. The molecular weight excluding hydrogens is 336 g/mol. The second kappa shape index (κ2) is 6.23. The van der Waals surface area contributed by atoms with Gasteiger partial charge in [-0.3, -0.25) is 24.1 Å². The molecule has 3 aliphatic rings.